The molecule has 0 amide bonds. The van der Waals surface area contributed by atoms with E-state index in [4.69, 9.17) is 6.42 Å². The summed E-state index contributed by atoms with van der Waals surface area (Å²) in [6.07, 6.45) is 5.70. The Labute approximate surface area is 80.8 Å². The van der Waals surface area contributed by atoms with Gasteiger partial charge in [-0.25, -0.2) is 8.42 Å². The maximum absolute atomic E-state index is 11.2. The molecule has 0 aliphatic rings. The molecule has 0 bridgehead atoms. The topological polar surface area (TPSA) is 46.2 Å². The second kappa shape index (κ2) is 6.01. The van der Waals surface area contributed by atoms with Gasteiger partial charge in [0.15, 0.2) is 9.84 Å². The van der Waals surface area contributed by atoms with Crippen molar-refractivity contribution in [3.8, 4) is 12.3 Å². The molecule has 3 nitrogen and oxygen atoms in total. The van der Waals surface area contributed by atoms with Gasteiger partial charge in [-0.15, -0.1) is 12.3 Å². The SMILES string of the molecule is C#CCCNC(C)CS(=O)(=O)CC. The van der Waals surface area contributed by atoms with Crippen LogP contribution in [0.1, 0.15) is 20.3 Å². The molecule has 1 N–H and O–H groups in total. The summed E-state index contributed by atoms with van der Waals surface area (Å²) in [5.74, 6) is 2.88. The lowest BCUT2D eigenvalue weighted by atomic mass is 10.3. The van der Waals surface area contributed by atoms with E-state index in [0.29, 0.717) is 13.0 Å². The number of nitrogens with one attached hydrogen (secondary N) is 1. The summed E-state index contributed by atoms with van der Waals surface area (Å²) >= 11 is 0. The van der Waals surface area contributed by atoms with Crippen molar-refractivity contribution in [3.05, 3.63) is 0 Å². The number of sulfone groups is 1. The van der Waals surface area contributed by atoms with Gasteiger partial charge in [-0.2, -0.15) is 0 Å². The Kier molecular flexibility index (Phi) is 5.76. The van der Waals surface area contributed by atoms with Crippen molar-refractivity contribution in [2.45, 2.75) is 26.3 Å². The fourth-order valence-electron chi connectivity index (χ4n) is 0.948. The molecule has 0 radical (unpaired) electrons. The molecular weight excluding hydrogens is 186 g/mol. The van der Waals surface area contributed by atoms with Crippen LogP contribution in [0, 0.1) is 12.3 Å². The van der Waals surface area contributed by atoms with Crippen LogP contribution in [0.4, 0.5) is 0 Å². The lowest BCUT2D eigenvalue weighted by Crippen LogP contribution is -2.34. The summed E-state index contributed by atoms with van der Waals surface area (Å²) in [5, 5.41) is 3.05. The van der Waals surface area contributed by atoms with E-state index in [1.54, 1.807) is 6.92 Å². The Morgan fingerprint density at radius 3 is 2.62 bits per heavy atom. The Morgan fingerprint density at radius 1 is 1.54 bits per heavy atom. The van der Waals surface area contributed by atoms with Crippen LogP contribution in [0.25, 0.3) is 0 Å². The van der Waals surface area contributed by atoms with Crippen LogP contribution in [-0.4, -0.2) is 32.5 Å². The molecule has 0 saturated heterocycles. The summed E-state index contributed by atoms with van der Waals surface area (Å²) in [4.78, 5) is 0. The molecular formula is C9H17NO2S. The minimum Gasteiger partial charge on any atom is -0.312 e. The van der Waals surface area contributed by atoms with Crippen LogP contribution in [0.5, 0.6) is 0 Å². The van der Waals surface area contributed by atoms with Crippen LogP contribution in [0.2, 0.25) is 0 Å². The summed E-state index contributed by atoms with van der Waals surface area (Å²) in [6, 6.07) is -0.0155. The van der Waals surface area contributed by atoms with Gasteiger partial charge in [0.05, 0.1) is 5.75 Å². The van der Waals surface area contributed by atoms with Crippen molar-refractivity contribution >= 4 is 9.84 Å². The van der Waals surface area contributed by atoms with E-state index < -0.39 is 9.84 Å². The zero-order valence-corrected chi connectivity index (χ0v) is 9.02. The lowest BCUT2D eigenvalue weighted by molar-refractivity contribution is 0.562. The highest BCUT2D eigenvalue weighted by atomic mass is 32.2. The van der Waals surface area contributed by atoms with Crippen LogP contribution >= 0.6 is 0 Å². The average Bonchev–Trinajstić information content (AvgIpc) is 2.04. The van der Waals surface area contributed by atoms with Gasteiger partial charge in [-0.05, 0) is 6.92 Å². The van der Waals surface area contributed by atoms with Gasteiger partial charge in [-0.3, -0.25) is 0 Å². The smallest absolute Gasteiger partial charge is 0.151 e. The molecule has 0 fully saturated rings. The Bertz CT molecular complexity index is 264. The first kappa shape index (κ1) is 12.5. The van der Waals surface area contributed by atoms with Crippen LogP contribution in [-0.2, 0) is 9.84 Å². The van der Waals surface area contributed by atoms with Crippen LogP contribution < -0.4 is 5.32 Å². The molecule has 0 aliphatic heterocycles. The monoisotopic (exact) mass is 203 g/mol. The first-order valence-corrected chi connectivity index (χ1v) is 6.21. The quantitative estimate of drug-likeness (QED) is 0.503. The van der Waals surface area contributed by atoms with Gasteiger partial charge < -0.3 is 5.32 Å². The highest BCUT2D eigenvalue weighted by Crippen LogP contribution is 1.94. The van der Waals surface area contributed by atoms with E-state index in [1.807, 2.05) is 6.92 Å². The number of hydrogen-bond donors (Lipinski definition) is 1. The van der Waals surface area contributed by atoms with Gasteiger partial charge in [0.2, 0.25) is 0 Å². The van der Waals surface area contributed by atoms with E-state index >= 15 is 0 Å². The number of terminal acetylenes is 1. The zero-order valence-electron chi connectivity index (χ0n) is 8.21. The van der Waals surface area contributed by atoms with E-state index in [-0.39, 0.29) is 17.5 Å². The number of hydrogen-bond acceptors (Lipinski definition) is 3. The molecule has 0 aromatic rings. The molecule has 0 aliphatic carbocycles. The molecule has 0 aromatic heterocycles. The molecule has 1 atom stereocenters. The molecule has 1 unspecified atom stereocenters. The Hall–Kier alpha value is -0.530. The summed E-state index contributed by atoms with van der Waals surface area (Å²) in [7, 11) is -2.87. The largest absolute Gasteiger partial charge is 0.312 e. The van der Waals surface area contributed by atoms with Crippen molar-refractivity contribution in [2.24, 2.45) is 0 Å². The standard InChI is InChI=1S/C9H17NO2S/c1-4-6-7-10-9(3)8-13(11,12)5-2/h1,9-10H,5-8H2,2-3H3. The lowest BCUT2D eigenvalue weighted by Gasteiger charge is -2.11. The second-order valence-corrected chi connectivity index (χ2v) is 5.41. The normalized spacial score (nSPS) is 13.6. The van der Waals surface area contributed by atoms with Crippen molar-refractivity contribution in [1.29, 1.82) is 0 Å². The third-order valence-corrected chi connectivity index (χ3v) is 3.59. The molecule has 76 valence electrons. The summed E-state index contributed by atoms with van der Waals surface area (Å²) < 4.78 is 22.3. The number of rotatable bonds is 6. The molecule has 0 saturated carbocycles. The first-order chi connectivity index (χ1) is 6.02. The van der Waals surface area contributed by atoms with E-state index in [9.17, 15) is 8.42 Å². The van der Waals surface area contributed by atoms with E-state index in [0.717, 1.165) is 0 Å². The van der Waals surface area contributed by atoms with Gasteiger partial charge in [0, 0.05) is 24.8 Å². The minimum atomic E-state index is -2.87. The molecule has 13 heavy (non-hydrogen) atoms. The molecule has 4 heteroatoms. The van der Waals surface area contributed by atoms with Crippen LogP contribution in [0.3, 0.4) is 0 Å². The van der Waals surface area contributed by atoms with Gasteiger partial charge in [0.25, 0.3) is 0 Å². The summed E-state index contributed by atoms with van der Waals surface area (Å²) in [6.45, 7) is 4.18. The molecule has 0 aromatic carbocycles. The average molecular weight is 203 g/mol. The highest BCUT2D eigenvalue weighted by molar-refractivity contribution is 7.91. The van der Waals surface area contributed by atoms with Crippen molar-refractivity contribution in [3.63, 3.8) is 0 Å². The van der Waals surface area contributed by atoms with Crippen molar-refractivity contribution < 1.29 is 8.42 Å². The predicted molar refractivity (Wildman–Crippen MR) is 55.2 cm³/mol. The van der Waals surface area contributed by atoms with Gasteiger partial charge in [-0.1, -0.05) is 6.92 Å². The van der Waals surface area contributed by atoms with E-state index in [1.165, 1.54) is 0 Å². The molecule has 0 rings (SSSR count). The summed E-state index contributed by atoms with van der Waals surface area (Å²) in [5.41, 5.74) is 0. The van der Waals surface area contributed by atoms with E-state index in [2.05, 4.69) is 11.2 Å². The Balaban J connectivity index is 3.76. The fourth-order valence-corrected chi connectivity index (χ4v) is 2.06. The van der Waals surface area contributed by atoms with Crippen molar-refractivity contribution in [2.75, 3.05) is 18.1 Å². The Morgan fingerprint density at radius 2 is 2.15 bits per heavy atom. The third kappa shape index (κ3) is 6.62. The zero-order chi connectivity index (χ0) is 10.3. The maximum atomic E-state index is 11.2. The maximum Gasteiger partial charge on any atom is 0.151 e. The predicted octanol–water partition coefficient (Wildman–Crippen LogP) is 0.422. The molecule has 0 spiro atoms. The van der Waals surface area contributed by atoms with Gasteiger partial charge >= 0.3 is 0 Å². The fraction of sp³-hybridized carbons (Fsp3) is 0.778. The second-order valence-electron chi connectivity index (χ2n) is 3.01. The molecule has 0 heterocycles. The van der Waals surface area contributed by atoms with Crippen molar-refractivity contribution in [1.82, 2.24) is 5.32 Å². The highest BCUT2D eigenvalue weighted by Gasteiger charge is 2.12. The third-order valence-electron chi connectivity index (χ3n) is 1.71. The van der Waals surface area contributed by atoms with Crippen LogP contribution in [0.15, 0.2) is 0 Å². The minimum absolute atomic E-state index is 0.0155. The first-order valence-electron chi connectivity index (χ1n) is 4.39. The van der Waals surface area contributed by atoms with Gasteiger partial charge in [0.1, 0.15) is 0 Å².